The molecule has 1 aromatic heterocycles. The summed E-state index contributed by atoms with van der Waals surface area (Å²) in [6.45, 7) is -0.225. The number of carbonyl (C=O) groups is 1. The molecule has 0 saturated heterocycles. The van der Waals surface area contributed by atoms with Crippen molar-refractivity contribution in [2.75, 3.05) is 6.61 Å². The van der Waals surface area contributed by atoms with Crippen molar-refractivity contribution in [3.05, 3.63) is 71.1 Å². The van der Waals surface area contributed by atoms with E-state index in [9.17, 15) is 9.18 Å². The number of hydrogen-bond donors (Lipinski definition) is 2. The normalized spacial score (nSPS) is 10.8. The first kappa shape index (κ1) is 17.6. The molecule has 8 heteroatoms. The van der Waals surface area contributed by atoms with Crippen LogP contribution in [0.5, 0.6) is 5.75 Å². The number of ether oxygens (including phenoxy) is 1. The Balaban J connectivity index is 1.57. The molecule has 26 heavy (non-hydrogen) atoms. The number of aromatic nitrogens is 2. The SMILES string of the molecule is O=C(COc1ccccc1Cl)N/N=C/c1cn[nH]c1-c1ccc(F)cc1. The molecule has 0 spiro atoms. The van der Waals surface area contributed by atoms with Crippen molar-refractivity contribution >= 4 is 23.7 Å². The maximum Gasteiger partial charge on any atom is 0.277 e. The summed E-state index contributed by atoms with van der Waals surface area (Å²) in [7, 11) is 0. The molecule has 2 N–H and O–H groups in total. The highest BCUT2D eigenvalue weighted by atomic mass is 35.5. The average molecular weight is 373 g/mol. The highest BCUT2D eigenvalue weighted by Gasteiger charge is 2.07. The number of hydrazone groups is 1. The molecule has 0 fully saturated rings. The number of nitrogens with zero attached hydrogens (tertiary/aromatic N) is 2. The number of halogens is 2. The molecule has 6 nitrogen and oxygen atoms in total. The molecular formula is C18H14ClFN4O2. The fourth-order valence-corrected chi connectivity index (χ4v) is 2.34. The van der Waals surface area contributed by atoms with Gasteiger partial charge >= 0.3 is 0 Å². The summed E-state index contributed by atoms with van der Waals surface area (Å²) in [4.78, 5) is 11.8. The Labute approximate surface area is 153 Å². The third-order valence-corrected chi connectivity index (χ3v) is 3.70. The molecule has 132 valence electrons. The van der Waals surface area contributed by atoms with Crippen LogP contribution in [0, 0.1) is 5.82 Å². The van der Waals surface area contributed by atoms with Crippen LogP contribution in [0.3, 0.4) is 0 Å². The Hall–Kier alpha value is -3.19. The second-order valence-corrected chi connectivity index (χ2v) is 5.63. The molecule has 0 aliphatic heterocycles. The van der Waals surface area contributed by atoms with Gasteiger partial charge in [-0.2, -0.15) is 10.2 Å². The number of nitrogens with one attached hydrogen (secondary N) is 2. The topological polar surface area (TPSA) is 79.4 Å². The lowest BCUT2D eigenvalue weighted by atomic mass is 10.1. The Morgan fingerprint density at radius 3 is 2.81 bits per heavy atom. The fourth-order valence-electron chi connectivity index (χ4n) is 2.15. The summed E-state index contributed by atoms with van der Waals surface area (Å²) in [5.74, 6) is -0.344. The number of hydrogen-bond acceptors (Lipinski definition) is 4. The minimum atomic E-state index is -0.437. The van der Waals surface area contributed by atoms with E-state index in [2.05, 4.69) is 20.7 Å². The van der Waals surface area contributed by atoms with Gasteiger partial charge in [-0.1, -0.05) is 23.7 Å². The third kappa shape index (κ3) is 4.46. The Kier molecular flexibility index (Phi) is 5.60. The highest BCUT2D eigenvalue weighted by molar-refractivity contribution is 6.32. The molecule has 0 aliphatic rings. The standard InChI is InChI=1S/C18H14ClFN4O2/c19-15-3-1-2-4-16(15)26-11-17(25)23-21-9-13-10-22-24-18(13)12-5-7-14(20)8-6-12/h1-10H,11H2,(H,22,24)(H,23,25)/b21-9+. The molecule has 0 unspecified atom stereocenters. The van der Waals surface area contributed by atoms with E-state index in [0.29, 0.717) is 22.0 Å². The van der Waals surface area contributed by atoms with Crippen LogP contribution in [-0.2, 0) is 4.79 Å². The lowest BCUT2D eigenvalue weighted by Gasteiger charge is -2.06. The third-order valence-electron chi connectivity index (χ3n) is 3.39. The van der Waals surface area contributed by atoms with E-state index in [1.807, 2.05) is 0 Å². The van der Waals surface area contributed by atoms with Gasteiger partial charge in [0.1, 0.15) is 11.6 Å². The van der Waals surface area contributed by atoms with Crippen molar-refractivity contribution in [3.63, 3.8) is 0 Å². The van der Waals surface area contributed by atoms with E-state index in [0.717, 1.165) is 5.56 Å². The van der Waals surface area contributed by atoms with Gasteiger partial charge in [0, 0.05) is 11.1 Å². The lowest BCUT2D eigenvalue weighted by Crippen LogP contribution is -2.24. The van der Waals surface area contributed by atoms with Gasteiger partial charge < -0.3 is 4.74 Å². The summed E-state index contributed by atoms with van der Waals surface area (Å²) < 4.78 is 18.3. The van der Waals surface area contributed by atoms with Gasteiger partial charge in [0.2, 0.25) is 0 Å². The Bertz CT molecular complexity index is 925. The summed E-state index contributed by atoms with van der Waals surface area (Å²) >= 11 is 5.94. The zero-order valence-corrected chi connectivity index (χ0v) is 14.2. The van der Waals surface area contributed by atoms with Crippen LogP contribution in [0.4, 0.5) is 4.39 Å². The predicted octanol–water partition coefficient (Wildman–Crippen LogP) is 3.40. The molecule has 0 saturated carbocycles. The van der Waals surface area contributed by atoms with E-state index in [1.54, 1.807) is 42.6 Å². The number of H-pyrrole nitrogens is 1. The van der Waals surface area contributed by atoms with Crippen LogP contribution in [-0.4, -0.2) is 28.9 Å². The van der Waals surface area contributed by atoms with Crippen molar-refractivity contribution in [1.82, 2.24) is 15.6 Å². The molecule has 0 bridgehead atoms. The fraction of sp³-hybridized carbons (Fsp3) is 0.0556. The van der Waals surface area contributed by atoms with Crippen LogP contribution in [0.15, 0.2) is 59.8 Å². The predicted molar refractivity (Wildman–Crippen MR) is 96.7 cm³/mol. The zero-order chi connectivity index (χ0) is 18.4. The molecule has 0 aliphatic carbocycles. The minimum Gasteiger partial charge on any atom is -0.482 e. The first-order valence-electron chi connectivity index (χ1n) is 7.62. The quantitative estimate of drug-likeness (QED) is 0.514. The summed E-state index contributed by atoms with van der Waals surface area (Å²) in [6.07, 6.45) is 2.99. The second-order valence-electron chi connectivity index (χ2n) is 5.22. The first-order valence-corrected chi connectivity index (χ1v) is 8.00. The molecular weight excluding hydrogens is 359 g/mol. The van der Waals surface area contributed by atoms with Crippen molar-refractivity contribution < 1.29 is 13.9 Å². The largest absolute Gasteiger partial charge is 0.482 e. The van der Waals surface area contributed by atoms with Crippen LogP contribution >= 0.6 is 11.6 Å². The van der Waals surface area contributed by atoms with Crippen LogP contribution in [0.25, 0.3) is 11.3 Å². The number of aromatic amines is 1. The van der Waals surface area contributed by atoms with Gasteiger partial charge in [-0.3, -0.25) is 9.89 Å². The van der Waals surface area contributed by atoms with E-state index >= 15 is 0 Å². The van der Waals surface area contributed by atoms with Crippen LogP contribution in [0.2, 0.25) is 5.02 Å². The number of para-hydroxylation sites is 1. The van der Waals surface area contributed by atoms with Gasteiger partial charge in [-0.15, -0.1) is 0 Å². The minimum absolute atomic E-state index is 0.225. The molecule has 0 atom stereocenters. The van der Waals surface area contributed by atoms with Gasteiger partial charge in [0.05, 0.1) is 23.1 Å². The maximum absolute atomic E-state index is 13.0. The summed E-state index contributed by atoms with van der Waals surface area (Å²) in [5.41, 5.74) is 4.41. The maximum atomic E-state index is 13.0. The molecule has 1 heterocycles. The zero-order valence-electron chi connectivity index (χ0n) is 13.4. The van der Waals surface area contributed by atoms with Crippen molar-refractivity contribution in [3.8, 4) is 17.0 Å². The average Bonchev–Trinajstić information content (AvgIpc) is 3.10. The molecule has 1 amide bonds. The Morgan fingerprint density at radius 1 is 1.27 bits per heavy atom. The smallest absolute Gasteiger partial charge is 0.277 e. The number of amides is 1. The molecule has 3 rings (SSSR count). The van der Waals surface area contributed by atoms with E-state index < -0.39 is 5.91 Å². The molecule has 3 aromatic rings. The van der Waals surface area contributed by atoms with Gasteiger partial charge in [-0.05, 0) is 36.4 Å². The summed E-state index contributed by atoms with van der Waals surface area (Å²) in [6, 6.07) is 12.8. The number of carbonyl (C=O) groups excluding carboxylic acids is 1. The second kappa shape index (κ2) is 8.26. The van der Waals surface area contributed by atoms with Crippen LogP contribution in [0.1, 0.15) is 5.56 Å². The lowest BCUT2D eigenvalue weighted by molar-refractivity contribution is -0.123. The van der Waals surface area contributed by atoms with Crippen molar-refractivity contribution in [2.24, 2.45) is 5.10 Å². The molecule has 0 radical (unpaired) electrons. The number of rotatable bonds is 6. The first-order chi connectivity index (χ1) is 12.6. The monoisotopic (exact) mass is 372 g/mol. The van der Waals surface area contributed by atoms with Crippen molar-refractivity contribution in [1.29, 1.82) is 0 Å². The van der Waals surface area contributed by atoms with E-state index in [-0.39, 0.29) is 12.4 Å². The van der Waals surface area contributed by atoms with Gasteiger partial charge in [0.25, 0.3) is 5.91 Å². The van der Waals surface area contributed by atoms with Crippen LogP contribution < -0.4 is 10.2 Å². The van der Waals surface area contributed by atoms with Crippen molar-refractivity contribution in [2.45, 2.75) is 0 Å². The van der Waals surface area contributed by atoms with E-state index in [1.165, 1.54) is 18.3 Å². The summed E-state index contributed by atoms with van der Waals surface area (Å²) in [5, 5.41) is 11.1. The highest BCUT2D eigenvalue weighted by Crippen LogP contribution is 2.23. The number of benzene rings is 2. The molecule has 2 aromatic carbocycles. The van der Waals surface area contributed by atoms with Gasteiger partial charge in [0.15, 0.2) is 6.61 Å². The van der Waals surface area contributed by atoms with Gasteiger partial charge in [-0.25, -0.2) is 9.82 Å². The Morgan fingerprint density at radius 2 is 2.04 bits per heavy atom. The van der Waals surface area contributed by atoms with E-state index in [4.69, 9.17) is 16.3 Å².